The minimum Gasteiger partial charge on any atom is -0.356 e. The molecule has 35 heavy (non-hydrogen) atoms. The van der Waals surface area contributed by atoms with Gasteiger partial charge in [-0.1, -0.05) is 34.6 Å². The second-order valence-electron chi connectivity index (χ2n) is 12.3. The van der Waals surface area contributed by atoms with Crippen molar-refractivity contribution in [1.29, 1.82) is 5.26 Å². The third-order valence-corrected chi connectivity index (χ3v) is 8.40. The monoisotopic (exact) mass is 489 g/mol. The van der Waals surface area contributed by atoms with E-state index in [2.05, 4.69) is 35.9 Å². The molecule has 2 aliphatic heterocycles. The molecule has 192 valence electrons. The minimum atomic E-state index is -1.91. The van der Waals surface area contributed by atoms with E-state index in [0.717, 1.165) is 0 Å². The smallest absolute Gasteiger partial charge is 0.258 e. The Hall–Kier alpha value is -2.70. The summed E-state index contributed by atoms with van der Waals surface area (Å²) in [6.07, 6.45) is 1.12. The van der Waals surface area contributed by atoms with Crippen LogP contribution < -0.4 is 16.0 Å². The summed E-state index contributed by atoms with van der Waals surface area (Å²) in [4.78, 5) is 53.1. The van der Waals surface area contributed by atoms with E-state index in [0.29, 0.717) is 19.5 Å². The number of nitrogens with one attached hydrogen (secondary N) is 3. The van der Waals surface area contributed by atoms with E-state index in [4.69, 9.17) is 0 Å². The van der Waals surface area contributed by atoms with Crippen molar-refractivity contribution in [3.63, 3.8) is 0 Å². The first kappa shape index (κ1) is 25.4. The molecular weight excluding hydrogens is 453 g/mol. The lowest BCUT2D eigenvalue weighted by Crippen LogP contribution is -2.60. The van der Waals surface area contributed by atoms with Gasteiger partial charge in [0.05, 0.1) is 6.07 Å². The number of carbonyl (C=O) groups is 4. The number of fused-ring (bicyclic) bond motifs is 1. The fourth-order valence-electron chi connectivity index (χ4n) is 5.78. The molecule has 0 aromatic heterocycles. The van der Waals surface area contributed by atoms with Gasteiger partial charge in [0.25, 0.3) is 5.91 Å². The van der Waals surface area contributed by atoms with E-state index in [1.165, 1.54) is 4.90 Å². The number of likely N-dealkylation sites (tertiary alicyclic amines) is 1. The summed E-state index contributed by atoms with van der Waals surface area (Å²) in [6.45, 7) is 10.4. The molecule has 9 nitrogen and oxygen atoms in total. The van der Waals surface area contributed by atoms with Gasteiger partial charge in [-0.3, -0.25) is 19.2 Å². The van der Waals surface area contributed by atoms with E-state index >= 15 is 0 Å². The normalized spacial score (nSPS) is 31.5. The zero-order chi connectivity index (χ0) is 25.9. The summed E-state index contributed by atoms with van der Waals surface area (Å²) in [5.74, 6) is -2.03. The number of piperidine rings is 1. The van der Waals surface area contributed by atoms with Crippen molar-refractivity contribution in [1.82, 2.24) is 20.9 Å². The SMILES string of the molecule is CC(C)(C)C(NC(=O)C1(F)CC1)C(=O)N1C[C@H]2[C@@H]([C@H]1C(=O)N[C@H](C#N)C[C@@H]1CCNC1=O)C2(C)C. The Morgan fingerprint density at radius 2 is 1.91 bits per heavy atom. The molecule has 0 spiro atoms. The van der Waals surface area contributed by atoms with Gasteiger partial charge >= 0.3 is 0 Å². The van der Waals surface area contributed by atoms with Gasteiger partial charge in [0.1, 0.15) is 18.1 Å². The van der Waals surface area contributed by atoms with Crippen LogP contribution in [-0.2, 0) is 19.2 Å². The number of hydrogen-bond donors (Lipinski definition) is 3. The van der Waals surface area contributed by atoms with Gasteiger partial charge in [-0.25, -0.2) is 4.39 Å². The topological polar surface area (TPSA) is 131 Å². The fraction of sp³-hybridized carbons (Fsp3) is 0.800. The van der Waals surface area contributed by atoms with Gasteiger partial charge in [0.2, 0.25) is 17.7 Å². The van der Waals surface area contributed by atoms with Gasteiger partial charge in [0.15, 0.2) is 5.67 Å². The predicted molar refractivity (Wildman–Crippen MR) is 124 cm³/mol. The molecular formula is C25H36FN5O4. The lowest BCUT2D eigenvalue weighted by Gasteiger charge is -2.38. The van der Waals surface area contributed by atoms with Crippen molar-refractivity contribution in [2.24, 2.45) is 28.6 Å². The van der Waals surface area contributed by atoms with Crippen LogP contribution in [0.2, 0.25) is 0 Å². The van der Waals surface area contributed by atoms with Crippen molar-refractivity contribution in [2.45, 2.75) is 84.1 Å². The Morgan fingerprint density at radius 1 is 1.26 bits per heavy atom. The molecule has 2 saturated carbocycles. The van der Waals surface area contributed by atoms with E-state index in [1.54, 1.807) is 20.8 Å². The highest BCUT2D eigenvalue weighted by Gasteiger charge is 2.70. The first-order chi connectivity index (χ1) is 16.2. The summed E-state index contributed by atoms with van der Waals surface area (Å²) in [7, 11) is 0. The Bertz CT molecular complexity index is 979. The molecule has 0 radical (unpaired) electrons. The molecule has 4 fully saturated rings. The number of rotatable bonds is 7. The molecule has 0 aromatic carbocycles. The predicted octanol–water partition coefficient (Wildman–Crippen LogP) is 1.04. The number of nitrogens with zero attached hydrogens (tertiary/aromatic N) is 2. The van der Waals surface area contributed by atoms with Gasteiger partial charge < -0.3 is 20.9 Å². The van der Waals surface area contributed by atoms with Crippen LogP contribution in [0.1, 0.15) is 60.3 Å². The molecule has 3 N–H and O–H groups in total. The van der Waals surface area contributed by atoms with Crippen LogP contribution in [0.4, 0.5) is 4.39 Å². The van der Waals surface area contributed by atoms with Gasteiger partial charge in [-0.2, -0.15) is 5.26 Å². The first-order valence-electron chi connectivity index (χ1n) is 12.5. The lowest BCUT2D eigenvalue weighted by molar-refractivity contribution is -0.146. The van der Waals surface area contributed by atoms with Crippen molar-refractivity contribution in [3.8, 4) is 6.07 Å². The second kappa shape index (κ2) is 8.45. The molecule has 4 aliphatic rings. The summed E-state index contributed by atoms with van der Waals surface area (Å²) < 4.78 is 14.4. The highest BCUT2D eigenvalue weighted by atomic mass is 19.1. The highest BCUT2D eigenvalue weighted by Crippen LogP contribution is 2.65. The Kier molecular flexibility index (Phi) is 6.13. The van der Waals surface area contributed by atoms with E-state index < -0.39 is 46.9 Å². The minimum absolute atomic E-state index is 0.0761. The number of alkyl halides is 1. The first-order valence-corrected chi connectivity index (χ1v) is 12.5. The van der Waals surface area contributed by atoms with E-state index in [-0.39, 0.29) is 48.3 Å². The number of hydrogen-bond acceptors (Lipinski definition) is 5. The zero-order valence-electron chi connectivity index (χ0n) is 21.1. The second-order valence-corrected chi connectivity index (χ2v) is 12.3. The maximum atomic E-state index is 14.4. The van der Waals surface area contributed by atoms with Gasteiger partial charge in [-0.05, 0) is 48.3 Å². The summed E-state index contributed by atoms with van der Waals surface area (Å²) in [5, 5.41) is 17.8. The van der Waals surface area contributed by atoms with Crippen LogP contribution in [-0.4, -0.2) is 65.4 Å². The summed E-state index contributed by atoms with van der Waals surface area (Å²) >= 11 is 0. The van der Waals surface area contributed by atoms with Crippen LogP contribution in [0.15, 0.2) is 0 Å². The molecule has 2 aliphatic carbocycles. The summed E-state index contributed by atoms with van der Waals surface area (Å²) in [5.41, 5.74) is -2.75. The van der Waals surface area contributed by atoms with Crippen molar-refractivity contribution < 1.29 is 23.6 Å². The van der Waals surface area contributed by atoms with Crippen LogP contribution in [0, 0.1) is 39.9 Å². The maximum Gasteiger partial charge on any atom is 0.258 e. The average Bonchev–Trinajstić information content (AvgIpc) is 3.45. The van der Waals surface area contributed by atoms with Crippen molar-refractivity contribution in [2.75, 3.05) is 13.1 Å². The Morgan fingerprint density at radius 3 is 2.43 bits per heavy atom. The molecule has 1 unspecified atom stereocenters. The van der Waals surface area contributed by atoms with Crippen LogP contribution >= 0.6 is 0 Å². The number of amides is 4. The maximum absolute atomic E-state index is 14.4. The van der Waals surface area contributed by atoms with Crippen LogP contribution in [0.3, 0.4) is 0 Å². The number of carbonyl (C=O) groups excluding carboxylic acids is 4. The molecule has 2 heterocycles. The largest absolute Gasteiger partial charge is 0.356 e. The Labute approximate surface area is 205 Å². The summed E-state index contributed by atoms with van der Waals surface area (Å²) in [6, 6.07) is -0.560. The molecule has 4 rings (SSSR count). The van der Waals surface area contributed by atoms with Crippen LogP contribution in [0.5, 0.6) is 0 Å². The average molecular weight is 490 g/mol. The van der Waals surface area contributed by atoms with Crippen molar-refractivity contribution in [3.05, 3.63) is 0 Å². The molecule has 0 bridgehead atoms. The molecule has 0 aromatic rings. The lowest BCUT2D eigenvalue weighted by atomic mass is 9.85. The van der Waals surface area contributed by atoms with E-state index in [1.807, 2.05) is 0 Å². The van der Waals surface area contributed by atoms with Crippen molar-refractivity contribution >= 4 is 23.6 Å². The molecule has 10 heteroatoms. The number of nitriles is 1. The third kappa shape index (κ3) is 4.62. The molecule has 6 atom stereocenters. The van der Waals surface area contributed by atoms with Gasteiger partial charge in [0, 0.05) is 19.0 Å². The highest BCUT2D eigenvalue weighted by molar-refractivity contribution is 5.96. The van der Waals surface area contributed by atoms with Crippen LogP contribution in [0.25, 0.3) is 0 Å². The fourth-order valence-corrected chi connectivity index (χ4v) is 5.78. The molecule has 2 saturated heterocycles. The zero-order valence-corrected chi connectivity index (χ0v) is 21.1. The Balaban J connectivity index is 1.51. The molecule has 4 amide bonds. The quantitative estimate of drug-likeness (QED) is 0.492. The number of halogens is 1. The standard InChI is InChI=1S/C25H36FN5O4/c1-23(2,3)18(30-22(35)25(26)7-8-25)21(34)31-12-15-16(24(15,4)5)17(31)20(33)29-14(11-27)10-13-6-9-28-19(13)32/h13-18H,6-10,12H2,1-5H3,(H,28,32)(H,29,33)(H,30,35)/t13-,14-,15-,16-,17-,18?/m0/s1. The van der Waals surface area contributed by atoms with Gasteiger partial charge in [-0.15, -0.1) is 0 Å². The third-order valence-electron chi connectivity index (χ3n) is 8.40. The van der Waals surface area contributed by atoms with E-state index in [9.17, 15) is 28.8 Å².